The van der Waals surface area contributed by atoms with Gasteiger partial charge in [-0.05, 0) is 43.2 Å². The van der Waals surface area contributed by atoms with Crippen molar-refractivity contribution in [2.45, 2.75) is 13.8 Å². The van der Waals surface area contributed by atoms with Gasteiger partial charge in [0, 0.05) is 29.0 Å². The van der Waals surface area contributed by atoms with E-state index in [0.717, 1.165) is 38.8 Å². The van der Waals surface area contributed by atoms with Gasteiger partial charge < -0.3 is 10.1 Å². The lowest BCUT2D eigenvalue weighted by atomic mass is 10.1. The van der Waals surface area contributed by atoms with Gasteiger partial charge in [-0.15, -0.1) is 11.3 Å². The second kappa shape index (κ2) is 7.25. The number of carbonyl (C=O) groups is 1. The molecule has 0 radical (unpaired) electrons. The van der Waals surface area contributed by atoms with Gasteiger partial charge in [0.25, 0.3) is 5.91 Å². The van der Waals surface area contributed by atoms with E-state index in [1.54, 1.807) is 11.3 Å². The van der Waals surface area contributed by atoms with Crippen molar-refractivity contribution in [3.05, 3.63) is 71.4 Å². The van der Waals surface area contributed by atoms with Crippen molar-refractivity contribution < 1.29 is 9.53 Å². The van der Waals surface area contributed by atoms with E-state index in [4.69, 9.17) is 4.74 Å². The SMILES string of the molecule is Cc1cccc(OCC(=O)Nc2ccc(-c3cn4ccsc4n3)cc2)c1C. The van der Waals surface area contributed by atoms with Gasteiger partial charge in [0.1, 0.15) is 5.75 Å². The molecular formula is C21H19N3O2S. The average Bonchev–Trinajstić information content (AvgIpc) is 3.26. The van der Waals surface area contributed by atoms with Crippen molar-refractivity contribution in [3.8, 4) is 17.0 Å². The molecule has 0 aliphatic carbocycles. The highest BCUT2D eigenvalue weighted by atomic mass is 32.1. The van der Waals surface area contributed by atoms with E-state index in [2.05, 4.69) is 10.3 Å². The van der Waals surface area contributed by atoms with E-state index in [0.29, 0.717) is 0 Å². The molecule has 0 spiro atoms. The van der Waals surface area contributed by atoms with Gasteiger partial charge >= 0.3 is 0 Å². The van der Waals surface area contributed by atoms with E-state index in [-0.39, 0.29) is 12.5 Å². The molecule has 136 valence electrons. The molecule has 1 N–H and O–H groups in total. The molecule has 0 saturated carbocycles. The molecule has 1 amide bonds. The Morgan fingerprint density at radius 1 is 1.19 bits per heavy atom. The molecule has 2 aromatic heterocycles. The Bertz CT molecular complexity index is 1070. The van der Waals surface area contributed by atoms with Crippen molar-refractivity contribution in [1.29, 1.82) is 0 Å². The minimum atomic E-state index is -0.189. The summed E-state index contributed by atoms with van der Waals surface area (Å²) in [4.78, 5) is 17.7. The van der Waals surface area contributed by atoms with Crippen molar-refractivity contribution in [2.75, 3.05) is 11.9 Å². The van der Waals surface area contributed by atoms with Crippen LogP contribution in [0.5, 0.6) is 5.75 Å². The summed E-state index contributed by atoms with van der Waals surface area (Å²) in [7, 11) is 0. The number of fused-ring (bicyclic) bond motifs is 1. The van der Waals surface area contributed by atoms with E-state index in [9.17, 15) is 4.79 Å². The maximum Gasteiger partial charge on any atom is 0.262 e. The molecule has 2 aromatic carbocycles. The summed E-state index contributed by atoms with van der Waals surface area (Å²) in [6.07, 6.45) is 3.98. The summed E-state index contributed by atoms with van der Waals surface area (Å²) >= 11 is 1.60. The number of hydrogen-bond acceptors (Lipinski definition) is 4. The molecule has 0 bridgehead atoms. The van der Waals surface area contributed by atoms with Crippen LogP contribution in [0.1, 0.15) is 11.1 Å². The molecule has 27 heavy (non-hydrogen) atoms. The minimum absolute atomic E-state index is 0.0244. The van der Waals surface area contributed by atoms with E-state index < -0.39 is 0 Å². The number of nitrogens with zero attached hydrogens (tertiary/aromatic N) is 2. The highest BCUT2D eigenvalue weighted by Gasteiger charge is 2.08. The fourth-order valence-corrected chi connectivity index (χ4v) is 3.51. The third kappa shape index (κ3) is 3.71. The summed E-state index contributed by atoms with van der Waals surface area (Å²) in [5.74, 6) is 0.548. The number of hydrogen-bond donors (Lipinski definition) is 1. The number of anilines is 1. The Morgan fingerprint density at radius 2 is 2.00 bits per heavy atom. The molecule has 0 unspecified atom stereocenters. The first kappa shape index (κ1) is 17.3. The molecule has 0 aliphatic rings. The predicted molar refractivity (Wildman–Crippen MR) is 109 cm³/mol. The van der Waals surface area contributed by atoms with Gasteiger partial charge in [-0.3, -0.25) is 9.20 Å². The van der Waals surface area contributed by atoms with Crippen LogP contribution >= 0.6 is 11.3 Å². The van der Waals surface area contributed by atoms with Gasteiger partial charge in [0.15, 0.2) is 11.6 Å². The zero-order valence-electron chi connectivity index (χ0n) is 15.1. The van der Waals surface area contributed by atoms with Gasteiger partial charge in [-0.2, -0.15) is 0 Å². The van der Waals surface area contributed by atoms with Crippen LogP contribution in [-0.4, -0.2) is 21.9 Å². The van der Waals surface area contributed by atoms with E-state index in [1.165, 1.54) is 0 Å². The molecule has 2 heterocycles. The summed E-state index contributed by atoms with van der Waals surface area (Å²) in [5.41, 5.74) is 4.85. The zero-order chi connectivity index (χ0) is 18.8. The minimum Gasteiger partial charge on any atom is -0.483 e. The van der Waals surface area contributed by atoms with Gasteiger partial charge in [-0.1, -0.05) is 24.3 Å². The van der Waals surface area contributed by atoms with Crippen LogP contribution in [0.4, 0.5) is 5.69 Å². The summed E-state index contributed by atoms with van der Waals surface area (Å²) in [6, 6.07) is 13.5. The smallest absolute Gasteiger partial charge is 0.262 e. The highest BCUT2D eigenvalue weighted by Crippen LogP contribution is 2.23. The monoisotopic (exact) mass is 377 g/mol. The maximum atomic E-state index is 12.2. The lowest BCUT2D eigenvalue weighted by Gasteiger charge is -2.11. The van der Waals surface area contributed by atoms with Crippen LogP contribution in [0.3, 0.4) is 0 Å². The first-order valence-electron chi connectivity index (χ1n) is 8.61. The second-order valence-electron chi connectivity index (χ2n) is 6.33. The maximum absolute atomic E-state index is 12.2. The number of ether oxygens (including phenoxy) is 1. The third-order valence-electron chi connectivity index (χ3n) is 4.47. The Morgan fingerprint density at radius 3 is 2.78 bits per heavy atom. The molecule has 0 saturated heterocycles. The quantitative estimate of drug-likeness (QED) is 0.549. The second-order valence-corrected chi connectivity index (χ2v) is 7.20. The highest BCUT2D eigenvalue weighted by molar-refractivity contribution is 7.15. The standard InChI is InChI=1S/C21H19N3O2S/c1-14-4-3-5-19(15(14)2)26-13-20(25)22-17-8-6-16(7-9-17)18-12-24-10-11-27-21(24)23-18/h3-12H,13H2,1-2H3,(H,22,25). The number of amides is 1. The average molecular weight is 377 g/mol. The molecule has 0 fully saturated rings. The third-order valence-corrected chi connectivity index (χ3v) is 5.24. The number of aromatic nitrogens is 2. The van der Waals surface area contributed by atoms with Crippen molar-refractivity contribution >= 4 is 27.9 Å². The lowest BCUT2D eigenvalue weighted by Crippen LogP contribution is -2.20. The number of benzene rings is 2. The summed E-state index contributed by atoms with van der Waals surface area (Å²) < 4.78 is 7.65. The van der Waals surface area contributed by atoms with E-state index in [1.807, 2.05) is 78.5 Å². The van der Waals surface area contributed by atoms with E-state index >= 15 is 0 Å². The van der Waals surface area contributed by atoms with Crippen LogP contribution in [0.15, 0.2) is 60.2 Å². The first-order chi connectivity index (χ1) is 13.1. The molecule has 4 aromatic rings. The largest absolute Gasteiger partial charge is 0.483 e. The number of aryl methyl sites for hydroxylation is 1. The number of imidazole rings is 1. The summed E-state index contributed by atoms with van der Waals surface area (Å²) in [5, 5.41) is 4.86. The Balaban J connectivity index is 1.38. The van der Waals surface area contributed by atoms with Gasteiger partial charge in [-0.25, -0.2) is 4.98 Å². The van der Waals surface area contributed by atoms with Crippen LogP contribution < -0.4 is 10.1 Å². The van der Waals surface area contributed by atoms with Crippen molar-refractivity contribution in [3.63, 3.8) is 0 Å². The van der Waals surface area contributed by atoms with Crippen LogP contribution in [0, 0.1) is 13.8 Å². The number of thiazole rings is 1. The molecule has 0 aliphatic heterocycles. The van der Waals surface area contributed by atoms with Crippen LogP contribution in [0.25, 0.3) is 16.2 Å². The molecule has 4 rings (SSSR count). The molecule has 5 nitrogen and oxygen atoms in total. The number of carbonyl (C=O) groups excluding carboxylic acids is 1. The molecule has 6 heteroatoms. The Labute approximate surface area is 161 Å². The first-order valence-corrected chi connectivity index (χ1v) is 9.49. The predicted octanol–water partition coefficient (Wildman–Crippen LogP) is 4.70. The zero-order valence-corrected chi connectivity index (χ0v) is 15.9. The normalized spacial score (nSPS) is 10.9. The van der Waals surface area contributed by atoms with Gasteiger partial charge in [0.05, 0.1) is 5.69 Å². The number of rotatable bonds is 5. The molecule has 0 atom stereocenters. The van der Waals surface area contributed by atoms with Crippen molar-refractivity contribution in [2.24, 2.45) is 0 Å². The topological polar surface area (TPSA) is 55.6 Å². The lowest BCUT2D eigenvalue weighted by molar-refractivity contribution is -0.118. The number of nitrogens with one attached hydrogen (secondary N) is 1. The van der Waals surface area contributed by atoms with Gasteiger partial charge in [0.2, 0.25) is 0 Å². The molecular weight excluding hydrogens is 358 g/mol. The van der Waals surface area contributed by atoms with Crippen molar-refractivity contribution in [1.82, 2.24) is 9.38 Å². The summed E-state index contributed by atoms with van der Waals surface area (Å²) in [6.45, 7) is 3.98. The van der Waals surface area contributed by atoms with Crippen LogP contribution in [0.2, 0.25) is 0 Å². The fraction of sp³-hybridized carbons (Fsp3) is 0.143. The fourth-order valence-electron chi connectivity index (χ4n) is 2.81. The Kier molecular flexibility index (Phi) is 4.64. The van der Waals surface area contributed by atoms with Crippen LogP contribution in [-0.2, 0) is 4.79 Å². The Hall–Kier alpha value is -3.12.